The largest absolute Gasteiger partial charge is 2.00 e. The van der Waals surface area contributed by atoms with Gasteiger partial charge in [-0.25, -0.2) is 0 Å². The molecule has 0 saturated carbocycles. The Morgan fingerprint density at radius 1 is 0.852 bits per heavy atom. The van der Waals surface area contributed by atoms with E-state index in [-0.39, 0.29) is 36.7 Å². The number of rotatable bonds is 14. The summed E-state index contributed by atoms with van der Waals surface area (Å²) in [5.74, 6) is 0. The van der Waals surface area contributed by atoms with Gasteiger partial charge in [-0.15, -0.1) is 0 Å². The molecular weight excluding hydrogens is 392 g/mol. The molecule has 0 radical (unpaired) electrons. The summed E-state index contributed by atoms with van der Waals surface area (Å²) in [6, 6.07) is 0. The van der Waals surface area contributed by atoms with Gasteiger partial charge in [0.05, 0.1) is 12.2 Å². The Hall–Kier alpha value is -0.831. The number of carbonyl (C=O) groups excluding carboxylic acids is 1. The van der Waals surface area contributed by atoms with Gasteiger partial charge in [0.25, 0.3) is 0 Å². The molecule has 0 aromatic carbocycles. The van der Waals surface area contributed by atoms with Gasteiger partial charge in [0, 0.05) is 6.42 Å². The molecule has 0 aromatic heterocycles. The zero-order chi connectivity index (χ0) is 20.3. The molecule has 0 aliphatic rings. The number of hydrogen-bond acceptors (Lipinski definition) is 3. The van der Waals surface area contributed by atoms with Crippen LogP contribution in [0.25, 0.3) is 0 Å². The van der Waals surface area contributed by atoms with Gasteiger partial charge in [-0.05, 0) is 19.3 Å². The summed E-state index contributed by atoms with van der Waals surface area (Å²) in [6.07, 6.45) is 11.1. The first-order chi connectivity index (χ1) is 12.2. The van der Waals surface area contributed by atoms with Gasteiger partial charge in [0.1, 0.15) is 0 Å². The van der Waals surface area contributed by atoms with Crippen molar-refractivity contribution in [1.29, 1.82) is 0 Å². The number of aliphatic hydroxyl groups is 1. The minimum absolute atomic E-state index is 0. The van der Waals surface area contributed by atoms with Gasteiger partial charge in [-0.2, -0.15) is 0 Å². The van der Waals surface area contributed by atoms with E-state index >= 15 is 0 Å². The monoisotopic (exact) mass is 426 g/mol. The van der Waals surface area contributed by atoms with E-state index in [2.05, 4.69) is 33.8 Å². The summed E-state index contributed by atoms with van der Waals surface area (Å²) in [4.78, 5) is 10.4. The third-order valence-electron chi connectivity index (χ3n) is 3.52. The van der Waals surface area contributed by atoms with E-state index in [1.807, 2.05) is 0 Å². The van der Waals surface area contributed by atoms with Crippen molar-refractivity contribution < 1.29 is 45.7 Å². The van der Waals surface area contributed by atoms with Crippen LogP contribution in [0.15, 0.2) is 0 Å². The van der Waals surface area contributed by atoms with Crippen LogP contribution in [0.4, 0.5) is 0 Å². The molecule has 27 heavy (non-hydrogen) atoms. The number of hydrogen-bond donors (Lipinski definition) is 1. The Balaban J connectivity index is -0.000000124. The second-order valence-electron chi connectivity index (χ2n) is 5.41. The van der Waals surface area contributed by atoms with E-state index in [1.165, 1.54) is 32.2 Å². The summed E-state index contributed by atoms with van der Waals surface area (Å²) in [5.41, 5.74) is 0. The van der Waals surface area contributed by atoms with Crippen molar-refractivity contribution >= 4 is 6.47 Å². The van der Waals surface area contributed by atoms with Gasteiger partial charge < -0.3 is 22.1 Å². The van der Waals surface area contributed by atoms with Crippen LogP contribution in [0.5, 0.6) is 0 Å². The fraction of sp³-hybridized carbons (Fsp3) is 0.750. The molecule has 0 amide bonds. The van der Waals surface area contributed by atoms with E-state index in [9.17, 15) is 9.90 Å². The molecule has 1 N–H and O–H groups in total. The molecule has 0 unspecified atom stereocenters. The van der Waals surface area contributed by atoms with E-state index in [1.54, 1.807) is 0 Å². The van der Waals surface area contributed by atoms with Crippen LogP contribution >= 0.6 is 0 Å². The number of ether oxygens (including phenoxy) is 1. The maximum absolute atomic E-state index is 10.4. The smallest absolute Gasteiger partial charge is 0.358 e. The van der Waals surface area contributed by atoms with Gasteiger partial charge in [-0.1, -0.05) is 65.3 Å². The molecule has 158 valence electrons. The summed E-state index contributed by atoms with van der Waals surface area (Å²) in [7, 11) is 0. The van der Waals surface area contributed by atoms with Crippen molar-refractivity contribution in [2.24, 2.45) is 0 Å². The maximum Gasteiger partial charge on any atom is 2.00 e. The molecule has 0 spiro atoms. The van der Waals surface area contributed by atoms with Crippen molar-refractivity contribution in [3.63, 3.8) is 0 Å². The molecule has 0 heterocycles. The fourth-order valence-corrected chi connectivity index (χ4v) is 2.32. The van der Waals surface area contributed by atoms with Gasteiger partial charge in [0.2, 0.25) is 0 Å². The number of aliphatic hydroxyl groups excluding tert-OH is 1. The molecule has 0 aliphatic heterocycles. The predicted octanol–water partition coefficient (Wildman–Crippen LogP) is 4.47. The second kappa shape index (κ2) is 44.5. The topological polar surface area (TPSA) is 106 Å². The predicted molar refractivity (Wildman–Crippen MR) is 96.9 cm³/mol. The normalized spacial score (nSPS) is 10.1. The minimum Gasteiger partial charge on any atom is -0.358 e. The standard InChI is InChI=1S/C16H31O3.3CO.CH3.Fe/c1-3-5-7-8-10-12-16(19-14-17)13-15(18)11-9-6-4-2;3*1-2;;/h15-16,18H,3-13H2,1-2H3;;;;1H3;/q-1;;;;-1;+2/t15-,16+;;;;;/m0...../s1. The molecule has 0 fully saturated rings. The molecule has 0 aromatic rings. The quantitative estimate of drug-likeness (QED) is 0.192. The molecule has 0 rings (SSSR count). The summed E-state index contributed by atoms with van der Waals surface area (Å²) in [6.45, 7) is 19.4. The number of unbranched alkanes of at least 4 members (excludes halogenated alkanes) is 6. The Morgan fingerprint density at radius 3 is 1.70 bits per heavy atom. The van der Waals surface area contributed by atoms with Crippen LogP contribution < -0.4 is 0 Å². The molecule has 0 saturated heterocycles. The Morgan fingerprint density at radius 2 is 1.26 bits per heavy atom. The van der Waals surface area contributed by atoms with Crippen molar-refractivity contribution in [2.45, 2.75) is 96.7 Å². The van der Waals surface area contributed by atoms with Gasteiger partial charge in [0.15, 0.2) is 0 Å². The van der Waals surface area contributed by atoms with Crippen LogP contribution in [0, 0.1) is 27.4 Å². The van der Waals surface area contributed by atoms with Crippen LogP contribution in [-0.4, -0.2) is 23.8 Å². The first kappa shape index (κ1) is 40.8. The zero-order valence-electron chi connectivity index (χ0n) is 16.8. The van der Waals surface area contributed by atoms with Crippen molar-refractivity contribution in [3.05, 3.63) is 27.4 Å². The average Bonchev–Trinajstić information content (AvgIpc) is 2.67. The SMILES string of the molecule is CCCCCCC[C@H](C[C@@H](O)CCCCC)O[C-]=O.[C-]#[O+].[C-]#[O+].[C-]#[O+].[CH3-].[Fe+2]. The van der Waals surface area contributed by atoms with Gasteiger partial charge >= 0.3 is 51.0 Å². The molecule has 0 bridgehead atoms. The minimum atomic E-state index is -0.347. The first-order valence-corrected chi connectivity index (χ1v) is 8.56. The molecule has 6 nitrogen and oxygen atoms in total. The van der Waals surface area contributed by atoms with Crippen LogP contribution in [0.1, 0.15) is 84.5 Å². The molecule has 2 atom stereocenters. The van der Waals surface area contributed by atoms with E-state index in [4.69, 9.17) is 18.7 Å². The third kappa shape index (κ3) is 40.9. The molecule has 7 heteroatoms. The molecular formula is C20H34FeO6. The second-order valence-corrected chi connectivity index (χ2v) is 5.41. The molecule has 0 aliphatic carbocycles. The van der Waals surface area contributed by atoms with Crippen LogP contribution in [0.2, 0.25) is 0 Å². The Kier molecular flexibility index (Phi) is 67.2. The zero-order valence-corrected chi connectivity index (χ0v) is 17.9. The third-order valence-corrected chi connectivity index (χ3v) is 3.52. The van der Waals surface area contributed by atoms with Crippen molar-refractivity contribution in [1.82, 2.24) is 0 Å². The summed E-state index contributed by atoms with van der Waals surface area (Å²) < 4.78 is 27.5. The summed E-state index contributed by atoms with van der Waals surface area (Å²) in [5, 5.41) is 9.90. The van der Waals surface area contributed by atoms with E-state index < -0.39 is 0 Å². The maximum atomic E-state index is 10.4. The van der Waals surface area contributed by atoms with E-state index in [0.717, 1.165) is 38.5 Å². The Bertz CT molecular complexity index is 290. The fourth-order valence-electron chi connectivity index (χ4n) is 2.32. The van der Waals surface area contributed by atoms with Crippen molar-refractivity contribution in [3.8, 4) is 0 Å². The van der Waals surface area contributed by atoms with Crippen LogP contribution in [0.3, 0.4) is 0 Å². The van der Waals surface area contributed by atoms with Crippen LogP contribution in [-0.2, 0) is 40.6 Å². The Labute approximate surface area is 176 Å². The van der Waals surface area contributed by atoms with Crippen molar-refractivity contribution in [2.75, 3.05) is 0 Å². The first-order valence-electron chi connectivity index (χ1n) is 8.56. The van der Waals surface area contributed by atoms with Gasteiger partial charge in [-0.3, -0.25) is 0 Å². The summed E-state index contributed by atoms with van der Waals surface area (Å²) >= 11 is 0. The average molecular weight is 426 g/mol. The van der Waals surface area contributed by atoms with E-state index in [0.29, 0.717) is 6.42 Å².